The average molecular weight is 304 g/mol. The van der Waals surface area contributed by atoms with Crippen molar-refractivity contribution in [1.82, 2.24) is 0 Å². The van der Waals surface area contributed by atoms with Crippen molar-refractivity contribution in [1.29, 1.82) is 0 Å². The second-order valence-corrected chi connectivity index (χ2v) is 4.14. The fourth-order valence-corrected chi connectivity index (χ4v) is 2.39. The first-order chi connectivity index (χ1) is 6.57. The molecular weight excluding hydrogens is 291 g/mol. The molecule has 0 unspecified atom stereocenters. The van der Waals surface area contributed by atoms with Gasteiger partial charge in [0.05, 0.1) is 10.2 Å². The lowest BCUT2D eigenvalue weighted by Crippen LogP contribution is -2.02. The summed E-state index contributed by atoms with van der Waals surface area (Å²) in [6, 6.07) is 3.77. The van der Waals surface area contributed by atoms with Gasteiger partial charge in [0, 0.05) is 5.56 Å². The van der Waals surface area contributed by atoms with E-state index >= 15 is 0 Å². The molecule has 76 valence electrons. The average Bonchev–Trinajstić information content (AvgIpc) is 2.11. The first-order valence-corrected chi connectivity index (χ1v) is 5.58. The van der Waals surface area contributed by atoms with Crippen LogP contribution in [0, 0.1) is 10.5 Å². The van der Waals surface area contributed by atoms with Crippen LogP contribution in [0.4, 0.5) is 0 Å². The van der Waals surface area contributed by atoms with Gasteiger partial charge in [-0.1, -0.05) is 6.07 Å². The molecule has 0 aromatic heterocycles. The minimum Gasteiger partial charge on any atom is -0.492 e. The Morgan fingerprint density at radius 3 is 2.64 bits per heavy atom. The fraction of sp³-hybridized carbons (Fsp3) is 0.364. The van der Waals surface area contributed by atoms with E-state index < -0.39 is 0 Å². The van der Waals surface area contributed by atoms with Crippen molar-refractivity contribution in [2.45, 2.75) is 20.8 Å². The molecule has 1 aromatic carbocycles. The molecule has 0 fully saturated rings. The van der Waals surface area contributed by atoms with E-state index in [2.05, 4.69) is 22.6 Å². The zero-order valence-electron chi connectivity index (χ0n) is 8.56. The molecule has 0 N–H and O–H groups in total. The standard InChI is InChI=1S/C11H13IO2/c1-4-14-11-7(2)5-6-9(8(3)13)10(11)12/h5-6H,4H2,1-3H3. The number of hydrogen-bond acceptors (Lipinski definition) is 2. The van der Waals surface area contributed by atoms with Crippen molar-refractivity contribution in [3.8, 4) is 5.75 Å². The molecule has 2 nitrogen and oxygen atoms in total. The summed E-state index contributed by atoms with van der Waals surface area (Å²) < 4.78 is 6.41. The maximum atomic E-state index is 11.3. The highest BCUT2D eigenvalue weighted by molar-refractivity contribution is 14.1. The summed E-state index contributed by atoms with van der Waals surface area (Å²) in [5, 5.41) is 0. The topological polar surface area (TPSA) is 26.3 Å². The van der Waals surface area contributed by atoms with Crippen LogP contribution in [0.25, 0.3) is 0 Å². The first kappa shape index (κ1) is 11.5. The molecule has 0 spiro atoms. The Balaban J connectivity index is 3.26. The number of aryl methyl sites for hydroxylation is 1. The van der Waals surface area contributed by atoms with Gasteiger partial charge in [-0.2, -0.15) is 0 Å². The first-order valence-electron chi connectivity index (χ1n) is 4.50. The second-order valence-electron chi connectivity index (χ2n) is 3.06. The van der Waals surface area contributed by atoms with Gasteiger partial charge >= 0.3 is 0 Å². The fourth-order valence-electron chi connectivity index (χ4n) is 1.25. The largest absolute Gasteiger partial charge is 0.492 e. The van der Waals surface area contributed by atoms with Crippen molar-refractivity contribution in [2.24, 2.45) is 0 Å². The second kappa shape index (κ2) is 4.77. The highest BCUT2D eigenvalue weighted by atomic mass is 127. The van der Waals surface area contributed by atoms with Gasteiger partial charge in [-0.25, -0.2) is 0 Å². The Morgan fingerprint density at radius 2 is 2.14 bits per heavy atom. The highest BCUT2D eigenvalue weighted by Gasteiger charge is 2.12. The van der Waals surface area contributed by atoms with E-state index in [1.807, 2.05) is 26.0 Å². The molecule has 0 heterocycles. The molecule has 14 heavy (non-hydrogen) atoms. The lowest BCUT2D eigenvalue weighted by Gasteiger charge is -2.11. The van der Waals surface area contributed by atoms with Crippen molar-refractivity contribution < 1.29 is 9.53 Å². The molecular formula is C11H13IO2. The normalized spacial score (nSPS) is 10.0. The SMILES string of the molecule is CCOc1c(C)ccc(C(C)=O)c1I. The maximum absolute atomic E-state index is 11.3. The minimum absolute atomic E-state index is 0.0790. The zero-order chi connectivity index (χ0) is 10.7. The molecule has 1 aromatic rings. The van der Waals surface area contributed by atoms with Crippen LogP contribution in [-0.4, -0.2) is 12.4 Å². The maximum Gasteiger partial charge on any atom is 0.161 e. The summed E-state index contributed by atoms with van der Waals surface area (Å²) in [6.45, 7) is 6.12. The number of halogens is 1. The van der Waals surface area contributed by atoms with Crippen molar-refractivity contribution >= 4 is 28.4 Å². The van der Waals surface area contributed by atoms with E-state index in [9.17, 15) is 4.79 Å². The molecule has 1 rings (SSSR count). The monoisotopic (exact) mass is 304 g/mol. The quantitative estimate of drug-likeness (QED) is 0.633. The Bertz CT molecular complexity index is 359. The van der Waals surface area contributed by atoms with Crippen LogP contribution in [-0.2, 0) is 0 Å². The van der Waals surface area contributed by atoms with Crippen LogP contribution in [0.15, 0.2) is 12.1 Å². The molecule has 0 atom stereocenters. The van der Waals surface area contributed by atoms with E-state index in [0.29, 0.717) is 6.61 Å². The number of hydrogen-bond donors (Lipinski definition) is 0. The van der Waals surface area contributed by atoms with Crippen LogP contribution in [0.3, 0.4) is 0 Å². The molecule has 0 saturated heterocycles. The van der Waals surface area contributed by atoms with Crippen LogP contribution < -0.4 is 4.74 Å². The summed E-state index contributed by atoms with van der Waals surface area (Å²) in [5.74, 6) is 0.913. The molecule has 3 heteroatoms. The summed E-state index contributed by atoms with van der Waals surface area (Å²) in [7, 11) is 0. The number of rotatable bonds is 3. The summed E-state index contributed by atoms with van der Waals surface area (Å²) in [5.41, 5.74) is 1.81. The highest BCUT2D eigenvalue weighted by Crippen LogP contribution is 2.28. The summed E-state index contributed by atoms with van der Waals surface area (Å²) in [6.07, 6.45) is 0. The number of benzene rings is 1. The van der Waals surface area contributed by atoms with Gasteiger partial charge in [0.15, 0.2) is 5.78 Å². The lowest BCUT2D eigenvalue weighted by molar-refractivity contribution is 0.101. The molecule has 0 radical (unpaired) electrons. The molecule has 0 saturated carbocycles. The number of Topliss-reactive ketones (excluding diaryl/α,β-unsaturated/α-hetero) is 1. The van der Waals surface area contributed by atoms with Gasteiger partial charge in [-0.05, 0) is 55.0 Å². The molecule has 0 aliphatic carbocycles. The third-order valence-electron chi connectivity index (χ3n) is 1.96. The Hall–Kier alpha value is -0.580. The lowest BCUT2D eigenvalue weighted by atomic mass is 10.1. The van der Waals surface area contributed by atoms with Crippen molar-refractivity contribution in [3.63, 3.8) is 0 Å². The molecule has 0 bridgehead atoms. The van der Waals surface area contributed by atoms with E-state index in [4.69, 9.17) is 4.74 Å². The number of carbonyl (C=O) groups excluding carboxylic acids is 1. The van der Waals surface area contributed by atoms with E-state index in [0.717, 1.165) is 20.4 Å². The van der Waals surface area contributed by atoms with Gasteiger partial charge in [0.2, 0.25) is 0 Å². The summed E-state index contributed by atoms with van der Waals surface area (Å²) in [4.78, 5) is 11.3. The molecule has 0 aliphatic heterocycles. The minimum atomic E-state index is 0.0790. The van der Waals surface area contributed by atoms with Crippen LogP contribution in [0.1, 0.15) is 29.8 Å². The Kier molecular flexibility index (Phi) is 3.92. The van der Waals surface area contributed by atoms with Crippen molar-refractivity contribution in [3.05, 3.63) is 26.8 Å². The predicted octanol–water partition coefficient (Wildman–Crippen LogP) is 3.20. The van der Waals surface area contributed by atoms with Crippen molar-refractivity contribution in [2.75, 3.05) is 6.61 Å². The number of ether oxygens (including phenoxy) is 1. The summed E-state index contributed by atoms with van der Waals surface area (Å²) >= 11 is 2.16. The van der Waals surface area contributed by atoms with E-state index in [1.165, 1.54) is 0 Å². The van der Waals surface area contributed by atoms with E-state index in [-0.39, 0.29) is 5.78 Å². The van der Waals surface area contributed by atoms with Gasteiger partial charge in [0.25, 0.3) is 0 Å². The number of ketones is 1. The van der Waals surface area contributed by atoms with Gasteiger partial charge < -0.3 is 4.74 Å². The Labute approximate surface area is 97.8 Å². The number of carbonyl (C=O) groups is 1. The van der Waals surface area contributed by atoms with Gasteiger partial charge in [-0.15, -0.1) is 0 Å². The Morgan fingerprint density at radius 1 is 1.50 bits per heavy atom. The predicted molar refractivity (Wildman–Crippen MR) is 65.1 cm³/mol. The van der Waals surface area contributed by atoms with Crippen LogP contribution >= 0.6 is 22.6 Å². The van der Waals surface area contributed by atoms with Gasteiger partial charge in [-0.3, -0.25) is 4.79 Å². The molecule has 0 aliphatic rings. The zero-order valence-corrected chi connectivity index (χ0v) is 10.7. The van der Waals surface area contributed by atoms with Crippen LogP contribution in [0.5, 0.6) is 5.75 Å². The van der Waals surface area contributed by atoms with Gasteiger partial charge in [0.1, 0.15) is 5.75 Å². The van der Waals surface area contributed by atoms with E-state index in [1.54, 1.807) is 6.92 Å². The third-order valence-corrected chi connectivity index (χ3v) is 3.03. The third kappa shape index (κ3) is 2.26. The van der Waals surface area contributed by atoms with Crippen LogP contribution in [0.2, 0.25) is 0 Å². The smallest absolute Gasteiger partial charge is 0.161 e. The molecule has 0 amide bonds.